The number of sulfone groups is 1. The summed E-state index contributed by atoms with van der Waals surface area (Å²) < 4.78 is 24.2. The number of carboxylic acids is 1. The summed E-state index contributed by atoms with van der Waals surface area (Å²) in [5.74, 6) is -1.32. The summed E-state index contributed by atoms with van der Waals surface area (Å²) in [5, 5.41) is 9.49. The second-order valence-electron chi connectivity index (χ2n) is 6.59. The Morgan fingerprint density at radius 2 is 2.07 bits per heavy atom. The summed E-state index contributed by atoms with van der Waals surface area (Å²) in [5.41, 5.74) is 1.52. The molecule has 2 atom stereocenters. The number of benzene rings is 1. The molecule has 0 aromatic heterocycles. The highest BCUT2D eigenvalue weighted by atomic mass is 35.5. The number of fused-ring (bicyclic) bond motifs is 1. The van der Waals surface area contributed by atoms with E-state index in [9.17, 15) is 18.0 Å². The summed E-state index contributed by atoms with van der Waals surface area (Å²) >= 11 is 7.51. The molecule has 2 heterocycles. The molecule has 2 fully saturated rings. The summed E-state index contributed by atoms with van der Waals surface area (Å²) in [6, 6.07) is 5.06. The first-order valence-electron chi connectivity index (χ1n) is 8.42. The molecule has 0 spiro atoms. The Labute approximate surface area is 166 Å². The number of nitrogens with zero attached hydrogens (tertiary/aromatic N) is 2. The van der Waals surface area contributed by atoms with Crippen LogP contribution in [0.2, 0.25) is 5.02 Å². The van der Waals surface area contributed by atoms with Crippen LogP contribution in [0, 0.1) is 6.92 Å². The van der Waals surface area contributed by atoms with Crippen molar-refractivity contribution < 1.29 is 23.1 Å². The zero-order chi connectivity index (χ0) is 19.8. The smallest absolute Gasteiger partial charge is 0.303 e. The van der Waals surface area contributed by atoms with Crippen molar-refractivity contribution >= 4 is 55.9 Å². The van der Waals surface area contributed by atoms with Gasteiger partial charge in [0.1, 0.15) is 0 Å². The molecule has 1 aromatic rings. The molecule has 10 heteroatoms. The second-order valence-corrected chi connectivity index (χ2v) is 10.4. The van der Waals surface area contributed by atoms with Crippen molar-refractivity contribution in [2.24, 2.45) is 4.99 Å². The van der Waals surface area contributed by atoms with Crippen LogP contribution in [0.4, 0.5) is 5.69 Å². The zero-order valence-electron chi connectivity index (χ0n) is 14.6. The molecule has 2 saturated heterocycles. The van der Waals surface area contributed by atoms with Gasteiger partial charge in [-0.25, -0.2) is 8.42 Å². The highest BCUT2D eigenvalue weighted by Gasteiger charge is 2.49. The van der Waals surface area contributed by atoms with Gasteiger partial charge in [-0.1, -0.05) is 29.4 Å². The van der Waals surface area contributed by atoms with E-state index in [1.807, 2.05) is 13.0 Å². The van der Waals surface area contributed by atoms with E-state index in [1.165, 1.54) is 11.8 Å². The van der Waals surface area contributed by atoms with Crippen LogP contribution in [0.1, 0.15) is 24.8 Å². The second kappa shape index (κ2) is 7.81. The number of carbonyl (C=O) groups is 2. The molecule has 0 aliphatic carbocycles. The summed E-state index contributed by atoms with van der Waals surface area (Å²) in [6.07, 6.45) is 0.156. The lowest BCUT2D eigenvalue weighted by atomic mass is 10.1. The number of hydrogen-bond donors (Lipinski definition) is 1. The quantitative estimate of drug-likeness (QED) is 0.765. The summed E-state index contributed by atoms with van der Waals surface area (Å²) in [7, 11) is -3.15. The number of amides is 1. The molecule has 0 radical (unpaired) electrons. The van der Waals surface area contributed by atoms with Crippen molar-refractivity contribution in [3.05, 3.63) is 28.8 Å². The van der Waals surface area contributed by atoms with Crippen molar-refractivity contribution in [3.63, 3.8) is 0 Å². The maximum atomic E-state index is 12.2. The van der Waals surface area contributed by atoms with E-state index in [2.05, 4.69) is 4.99 Å². The largest absolute Gasteiger partial charge is 0.481 e. The van der Waals surface area contributed by atoms with Crippen molar-refractivity contribution in [1.82, 2.24) is 0 Å². The molecule has 2 aliphatic heterocycles. The van der Waals surface area contributed by atoms with E-state index in [0.717, 1.165) is 11.3 Å². The first-order chi connectivity index (χ1) is 12.7. The Morgan fingerprint density at radius 3 is 2.78 bits per heavy atom. The van der Waals surface area contributed by atoms with Gasteiger partial charge >= 0.3 is 5.97 Å². The van der Waals surface area contributed by atoms with Crippen LogP contribution >= 0.6 is 23.4 Å². The Kier molecular flexibility index (Phi) is 5.83. The van der Waals surface area contributed by atoms with E-state index >= 15 is 0 Å². The predicted octanol–water partition coefficient (Wildman–Crippen LogP) is 2.50. The first kappa shape index (κ1) is 20.2. The highest BCUT2D eigenvalue weighted by Crippen LogP contribution is 2.42. The van der Waals surface area contributed by atoms with Crippen molar-refractivity contribution in [1.29, 1.82) is 0 Å². The molecule has 2 aliphatic rings. The van der Waals surface area contributed by atoms with E-state index < -0.39 is 21.7 Å². The fourth-order valence-electron chi connectivity index (χ4n) is 3.26. The monoisotopic (exact) mass is 430 g/mol. The van der Waals surface area contributed by atoms with Crippen molar-refractivity contribution in [3.8, 4) is 0 Å². The van der Waals surface area contributed by atoms with Crippen LogP contribution in [0.15, 0.2) is 23.2 Å². The lowest BCUT2D eigenvalue weighted by molar-refractivity contribution is -0.137. The highest BCUT2D eigenvalue weighted by molar-refractivity contribution is 8.16. The molecule has 0 bridgehead atoms. The zero-order valence-corrected chi connectivity index (χ0v) is 17.0. The number of rotatable bonds is 5. The standard InChI is InChI=1S/C17H19ClN2O5S2/c1-10-11(18)4-2-5-12(10)20-13-8-27(24,25)9-14(13)26-17(20)19-15(21)6-3-7-16(22)23/h2,4-5,13-14H,3,6-9H2,1H3,(H,22,23)/t13-,14-/m1/s1. The molecule has 1 amide bonds. The van der Waals surface area contributed by atoms with Gasteiger partial charge in [-0.15, -0.1) is 0 Å². The SMILES string of the molecule is Cc1c(Cl)cccc1N1C(=NC(=O)CCCC(=O)O)S[C@@H]2CS(=O)(=O)C[C@H]21. The molecule has 0 unspecified atom stereocenters. The molecule has 146 valence electrons. The van der Waals surface area contributed by atoms with Gasteiger partial charge in [0.25, 0.3) is 0 Å². The van der Waals surface area contributed by atoms with Crippen LogP contribution in [-0.4, -0.2) is 53.4 Å². The average Bonchev–Trinajstić information content (AvgIpc) is 3.01. The minimum Gasteiger partial charge on any atom is -0.481 e. The number of aliphatic carboxylic acids is 1. The van der Waals surface area contributed by atoms with Crippen LogP contribution in [0.5, 0.6) is 0 Å². The number of carboxylic acid groups (broad SMARTS) is 1. The lowest BCUT2D eigenvalue weighted by Crippen LogP contribution is -2.38. The Bertz CT molecular complexity index is 916. The molecule has 27 heavy (non-hydrogen) atoms. The molecule has 3 rings (SSSR count). The van der Waals surface area contributed by atoms with Gasteiger partial charge in [0.15, 0.2) is 15.0 Å². The van der Waals surface area contributed by atoms with E-state index in [4.69, 9.17) is 16.7 Å². The summed E-state index contributed by atoms with van der Waals surface area (Å²) in [4.78, 5) is 28.8. The van der Waals surface area contributed by atoms with Gasteiger partial charge in [0, 0.05) is 28.8 Å². The van der Waals surface area contributed by atoms with Gasteiger partial charge in [-0.05, 0) is 31.0 Å². The number of aliphatic imine (C=N–C) groups is 1. The third-order valence-corrected chi connectivity index (χ3v) is 8.19. The Balaban J connectivity index is 1.91. The lowest BCUT2D eigenvalue weighted by Gasteiger charge is -2.26. The number of anilines is 1. The molecule has 7 nitrogen and oxygen atoms in total. The molecule has 0 saturated carbocycles. The maximum Gasteiger partial charge on any atom is 0.303 e. The fraction of sp³-hybridized carbons (Fsp3) is 0.471. The molecule has 1 aromatic carbocycles. The number of thioether (sulfide) groups is 1. The van der Waals surface area contributed by atoms with Gasteiger partial charge in [0.2, 0.25) is 5.91 Å². The molecular formula is C17H19ClN2O5S2. The third kappa shape index (κ3) is 4.47. The topological polar surface area (TPSA) is 104 Å². The van der Waals surface area contributed by atoms with Gasteiger partial charge in [0.05, 0.1) is 17.5 Å². The first-order valence-corrected chi connectivity index (χ1v) is 11.5. The minimum atomic E-state index is -3.15. The fourth-order valence-corrected chi connectivity index (χ4v) is 7.35. The van der Waals surface area contributed by atoms with E-state index in [0.29, 0.717) is 10.2 Å². The van der Waals surface area contributed by atoms with Crippen molar-refractivity contribution in [2.75, 3.05) is 16.4 Å². The summed E-state index contributed by atoms with van der Waals surface area (Å²) in [6.45, 7) is 1.84. The molecule has 1 N–H and O–H groups in total. The normalized spacial score (nSPS) is 25.0. The minimum absolute atomic E-state index is 0.00282. The molecular weight excluding hydrogens is 412 g/mol. The van der Waals surface area contributed by atoms with E-state index in [-0.39, 0.29) is 42.1 Å². The number of halogens is 1. The van der Waals surface area contributed by atoms with Crippen LogP contribution in [0.3, 0.4) is 0 Å². The van der Waals surface area contributed by atoms with Crippen molar-refractivity contribution in [2.45, 2.75) is 37.5 Å². The van der Waals surface area contributed by atoms with Crippen LogP contribution < -0.4 is 4.90 Å². The number of carbonyl (C=O) groups excluding carboxylic acids is 1. The number of amidine groups is 1. The third-order valence-electron chi connectivity index (χ3n) is 4.57. The van der Waals surface area contributed by atoms with Gasteiger partial charge in [-0.3, -0.25) is 9.59 Å². The average molecular weight is 431 g/mol. The van der Waals surface area contributed by atoms with E-state index in [1.54, 1.807) is 17.0 Å². The van der Waals surface area contributed by atoms with Gasteiger partial charge in [-0.2, -0.15) is 4.99 Å². The van der Waals surface area contributed by atoms with Gasteiger partial charge < -0.3 is 10.0 Å². The predicted molar refractivity (Wildman–Crippen MR) is 106 cm³/mol. The Morgan fingerprint density at radius 1 is 1.33 bits per heavy atom. The maximum absolute atomic E-state index is 12.2. The van der Waals surface area contributed by atoms with Crippen LogP contribution in [0.25, 0.3) is 0 Å². The Hall–Kier alpha value is -1.58. The number of hydrogen-bond acceptors (Lipinski definition) is 5. The van der Waals surface area contributed by atoms with Crippen LogP contribution in [-0.2, 0) is 19.4 Å².